The molecule has 6 heteroatoms. The first kappa shape index (κ1) is 13.8. The quantitative estimate of drug-likeness (QED) is 0.882. The van der Waals surface area contributed by atoms with Crippen LogP contribution in [0, 0.1) is 6.92 Å². The van der Waals surface area contributed by atoms with Crippen molar-refractivity contribution in [2.75, 3.05) is 18.9 Å². The summed E-state index contributed by atoms with van der Waals surface area (Å²) < 4.78 is 0. The molecule has 2 aromatic heterocycles. The van der Waals surface area contributed by atoms with Gasteiger partial charge in [0.25, 0.3) is 0 Å². The normalized spacial score (nSPS) is 14.8. The number of likely N-dealkylation sites (N-methyl/N-ethyl adjacent to an activating group) is 1. The Morgan fingerprint density at radius 3 is 3.05 bits per heavy atom. The van der Waals surface area contributed by atoms with Gasteiger partial charge in [0.05, 0.1) is 5.69 Å². The minimum Gasteiger partial charge on any atom is -0.366 e. The molecule has 1 aliphatic heterocycles. The molecule has 3 rings (SSSR count). The zero-order valence-electron chi connectivity index (χ0n) is 12.3. The van der Waals surface area contributed by atoms with Gasteiger partial charge < -0.3 is 15.2 Å². The summed E-state index contributed by atoms with van der Waals surface area (Å²) in [5.74, 6) is 0.865. The minimum absolute atomic E-state index is 0.0729. The number of fused-ring (bicyclic) bond motifs is 1. The third-order valence-corrected chi connectivity index (χ3v) is 3.69. The summed E-state index contributed by atoms with van der Waals surface area (Å²) in [6.07, 6.45) is 2.56. The van der Waals surface area contributed by atoms with Gasteiger partial charge in [0.2, 0.25) is 5.56 Å². The highest BCUT2D eigenvalue weighted by atomic mass is 16.1. The molecule has 110 valence electrons. The highest BCUT2D eigenvalue weighted by Gasteiger charge is 2.18. The summed E-state index contributed by atoms with van der Waals surface area (Å²) in [5.41, 5.74) is 4.02. The van der Waals surface area contributed by atoms with Gasteiger partial charge in [-0.2, -0.15) is 0 Å². The molecule has 0 aromatic carbocycles. The molecule has 0 unspecified atom stereocenters. The van der Waals surface area contributed by atoms with Gasteiger partial charge in [-0.1, -0.05) is 0 Å². The van der Waals surface area contributed by atoms with E-state index in [9.17, 15) is 4.79 Å². The van der Waals surface area contributed by atoms with Gasteiger partial charge in [-0.15, -0.1) is 0 Å². The lowest BCUT2D eigenvalue weighted by Crippen LogP contribution is -2.28. The second kappa shape index (κ2) is 5.65. The number of aromatic amines is 1. The standard InChI is InChI=1S/C15H19N5O/c1-10-5-11(6-14(21)19-10)7-16-15-12-8-20(2)4-3-13(12)17-9-18-15/h5-6,9H,3-4,7-8H2,1-2H3,(H,19,21)(H,16,17,18). The topological polar surface area (TPSA) is 73.9 Å². The molecule has 21 heavy (non-hydrogen) atoms. The van der Waals surface area contributed by atoms with Crippen LogP contribution >= 0.6 is 0 Å². The second-order valence-corrected chi connectivity index (χ2v) is 5.52. The summed E-state index contributed by atoms with van der Waals surface area (Å²) in [5, 5.41) is 3.33. The van der Waals surface area contributed by atoms with Crippen LogP contribution in [0.2, 0.25) is 0 Å². The molecule has 1 aliphatic rings. The van der Waals surface area contributed by atoms with Gasteiger partial charge in [0.1, 0.15) is 12.1 Å². The van der Waals surface area contributed by atoms with E-state index in [1.807, 2.05) is 13.0 Å². The fourth-order valence-electron chi connectivity index (χ4n) is 2.67. The monoisotopic (exact) mass is 285 g/mol. The Kier molecular flexibility index (Phi) is 3.70. The van der Waals surface area contributed by atoms with Crippen LogP contribution in [0.15, 0.2) is 23.3 Å². The number of hydrogen-bond acceptors (Lipinski definition) is 5. The molecule has 0 spiro atoms. The van der Waals surface area contributed by atoms with Crippen LogP contribution in [0.5, 0.6) is 0 Å². The lowest BCUT2D eigenvalue weighted by atomic mass is 10.1. The number of aryl methyl sites for hydroxylation is 1. The molecule has 2 N–H and O–H groups in total. The molecule has 0 atom stereocenters. The van der Waals surface area contributed by atoms with Crippen LogP contribution in [0.1, 0.15) is 22.5 Å². The molecule has 6 nitrogen and oxygen atoms in total. The molecule has 0 saturated carbocycles. The summed E-state index contributed by atoms with van der Waals surface area (Å²) in [4.78, 5) is 25.2. The predicted molar refractivity (Wildman–Crippen MR) is 81.2 cm³/mol. The smallest absolute Gasteiger partial charge is 0.248 e. The first-order valence-corrected chi connectivity index (χ1v) is 7.07. The SMILES string of the molecule is Cc1cc(CNc2ncnc3c2CN(C)CC3)cc(=O)[nH]1. The van der Waals surface area contributed by atoms with Crippen molar-refractivity contribution in [3.05, 3.63) is 51.3 Å². The summed E-state index contributed by atoms with van der Waals surface area (Å²) >= 11 is 0. The van der Waals surface area contributed by atoms with E-state index in [4.69, 9.17) is 0 Å². The number of nitrogens with one attached hydrogen (secondary N) is 2. The Bertz CT molecular complexity index is 709. The number of rotatable bonds is 3. The fraction of sp³-hybridized carbons (Fsp3) is 0.400. The number of pyridine rings is 1. The van der Waals surface area contributed by atoms with Gasteiger partial charge in [0.15, 0.2) is 0 Å². The van der Waals surface area contributed by atoms with Crippen molar-refractivity contribution in [3.8, 4) is 0 Å². The first-order valence-electron chi connectivity index (χ1n) is 7.07. The molecule has 0 saturated heterocycles. The maximum atomic E-state index is 11.5. The van der Waals surface area contributed by atoms with Crippen molar-refractivity contribution in [3.63, 3.8) is 0 Å². The van der Waals surface area contributed by atoms with Gasteiger partial charge in [-0.25, -0.2) is 9.97 Å². The average molecular weight is 285 g/mol. The Labute approximate surface area is 123 Å². The van der Waals surface area contributed by atoms with Crippen LogP contribution in [0.4, 0.5) is 5.82 Å². The number of hydrogen-bond donors (Lipinski definition) is 2. The van der Waals surface area contributed by atoms with Crippen LogP contribution in [0.25, 0.3) is 0 Å². The highest BCUT2D eigenvalue weighted by Crippen LogP contribution is 2.22. The maximum Gasteiger partial charge on any atom is 0.248 e. The molecule has 0 radical (unpaired) electrons. The Morgan fingerprint density at radius 1 is 1.38 bits per heavy atom. The second-order valence-electron chi connectivity index (χ2n) is 5.52. The van der Waals surface area contributed by atoms with Crippen molar-refractivity contribution in [2.45, 2.75) is 26.4 Å². The van der Waals surface area contributed by atoms with Crippen LogP contribution in [0.3, 0.4) is 0 Å². The molecule has 0 amide bonds. The largest absolute Gasteiger partial charge is 0.366 e. The first-order chi connectivity index (χ1) is 10.1. The van der Waals surface area contributed by atoms with Gasteiger partial charge in [-0.3, -0.25) is 4.79 Å². The highest BCUT2D eigenvalue weighted by molar-refractivity contribution is 5.47. The fourth-order valence-corrected chi connectivity index (χ4v) is 2.67. The molecule has 0 bridgehead atoms. The number of anilines is 1. The predicted octanol–water partition coefficient (Wildman–Crippen LogP) is 1.07. The van der Waals surface area contributed by atoms with Crippen molar-refractivity contribution >= 4 is 5.82 Å². The molecule has 3 heterocycles. The van der Waals surface area contributed by atoms with E-state index in [1.54, 1.807) is 12.4 Å². The third-order valence-electron chi connectivity index (χ3n) is 3.69. The number of H-pyrrole nitrogens is 1. The van der Waals surface area contributed by atoms with E-state index in [1.165, 1.54) is 0 Å². The summed E-state index contributed by atoms with van der Waals surface area (Å²) in [6.45, 7) is 4.34. The van der Waals surface area contributed by atoms with Crippen molar-refractivity contribution in [1.82, 2.24) is 19.9 Å². The zero-order valence-corrected chi connectivity index (χ0v) is 12.3. The number of aromatic nitrogens is 3. The van der Waals surface area contributed by atoms with Gasteiger partial charge >= 0.3 is 0 Å². The van der Waals surface area contributed by atoms with Crippen molar-refractivity contribution in [2.24, 2.45) is 0 Å². The Morgan fingerprint density at radius 2 is 2.24 bits per heavy atom. The third kappa shape index (κ3) is 3.11. The molecule has 0 aliphatic carbocycles. The van der Waals surface area contributed by atoms with Crippen LogP contribution in [-0.2, 0) is 19.5 Å². The van der Waals surface area contributed by atoms with E-state index in [0.717, 1.165) is 47.8 Å². The van der Waals surface area contributed by atoms with Gasteiger partial charge in [0, 0.05) is 43.4 Å². The van der Waals surface area contributed by atoms with Crippen molar-refractivity contribution in [1.29, 1.82) is 0 Å². The van der Waals surface area contributed by atoms with Crippen LogP contribution in [-0.4, -0.2) is 33.4 Å². The minimum atomic E-state index is -0.0729. The number of nitrogens with zero attached hydrogens (tertiary/aromatic N) is 3. The van der Waals surface area contributed by atoms with E-state index in [0.29, 0.717) is 6.54 Å². The van der Waals surface area contributed by atoms with Gasteiger partial charge in [-0.05, 0) is 25.6 Å². The lowest BCUT2D eigenvalue weighted by molar-refractivity contribution is 0.310. The average Bonchev–Trinajstić information content (AvgIpc) is 2.44. The maximum absolute atomic E-state index is 11.5. The summed E-state index contributed by atoms with van der Waals surface area (Å²) in [6, 6.07) is 3.58. The molecule has 2 aromatic rings. The summed E-state index contributed by atoms with van der Waals surface area (Å²) in [7, 11) is 2.10. The Hall–Kier alpha value is -2.21. The lowest BCUT2D eigenvalue weighted by Gasteiger charge is -2.25. The zero-order chi connectivity index (χ0) is 14.8. The van der Waals surface area contributed by atoms with Crippen molar-refractivity contribution < 1.29 is 0 Å². The van der Waals surface area contributed by atoms with E-state index >= 15 is 0 Å². The van der Waals surface area contributed by atoms with Crippen LogP contribution < -0.4 is 10.9 Å². The van der Waals surface area contributed by atoms with E-state index < -0.39 is 0 Å². The van der Waals surface area contributed by atoms with E-state index in [2.05, 4.69) is 32.2 Å². The van der Waals surface area contributed by atoms with E-state index in [-0.39, 0.29) is 5.56 Å². The molecular formula is C15H19N5O. The Balaban J connectivity index is 1.81. The molecular weight excluding hydrogens is 266 g/mol. The molecule has 0 fully saturated rings.